The van der Waals surface area contributed by atoms with Crippen LogP contribution in [0.1, 0.15) is 49.4 Å². The van der Waals surface area contributed by atoms with Crippen LogP contribution >= 0.6 is 0 Å². The summed E-state index contributed by atoms with van der Waals surface area (Å²) in [5, 5.41) is 2.97. The van der Waals surface area contributed by atoms with Crippen LogP contribution in [0.15, 0.2) is 48.5 Å². The normalized spacial score (nSPS) is 11.9. The van der Waals surface area contributed by atoms with E-state index in [1.807, 2.05) is 83.1 Å². The number of carbonyl (C=O) groups is 2. The van der Waals surface area contributed by atoms with E-state index in [0.717, 1.165) is 16.7 Å². The standard InChI is InChI=1S/C24H32N2O2/c1-6-22(24(28)25-17(2)3)26(16-20-13-11-18(4)12-14-20)23(27)15-21-10-8-7-9-19(21)5/h7-14,17,22H,6,15-16H2,1-5H3,(H,25,28). The van der Waals surface area contributed by atoms with Gasteiger partial charge in [0.15, 0.2) is 0 Å². The van der Waals surface area contributed by atoms with Crippen molar-refractivity contribution in [3.05, 3.63) is 70.8 Å². The number of hydrogen-bond acceptors (Lipinski definition) is 2. The molecule has 1 N–H and O–H groups in total. The number of benzene rings is 2. The van der Waals surface area contributed by atoms with Gasteiger partial charge in [-0.25, -0.2) is 0 Å². The highest BCUT2D eigenvalue weighted by atomic mass is 16.2. The number of rotatable bonds is 8. The molecule has 0 bridgehead atoms. The molecule has 0 radical (unpaired) electrons. The molecule has 1 atom stereocenters. The first-order chi connectivity index (χ1) is 13.3. The molecule has 0 aliphatic carbocycles. The van der Waals surface area contributed by atoms with E-state index in [4.69, 9.17) is 0 Å². The zero-order valence-electron chi connectivity index (χ0n) is 17.7. The van der Waals surface area contributed by atoms with Gasteiger partial charge < -0.3 is 10.2 Å². The molecular formula is C24H32N2O2. The number of nitrogens with zero attached hydrogens (tertiary/aromatic N) is 1. The first-order valence-corrected chi connectivity index (χ1v) is 10.0. The lowest BCUT2D eigenvalue weighted by atomic mass is 10.0. The predicted octanol–water partition coefficient (Wildman–Crippen LogP) is 4.18. The predicted molar refractivity (Wildman–Crippen MR) is 114 cm³/mol. The lowest BCUT2D eigenvalue weighted by Gasteiger charge is -2.31. The topological polar surface area (TPSA) is 49.4 Å². The van der Waals surface area contributed by atoms with Crippen LogP contribution in [0.3, 0.4) is 0 Å². The van der Waals surface area contributed by atoms with Crippen molar-refractivity contribution in [1.29, 1.82) is 0 Å². The van der Waals surface area contributed by atoms with E-state index in [-0.39, 0.29) is 17.9 Å². The van der Waals surface area contributed by atoms with Gasteiger partial charge >= 0.3 is 0 Å². The van der Waals surface area contributed by atoms with Gasteiger partial charge in [0.2, 0.25) is 11.8 Å². The molecule has 2 amide bonds. The van der Waals surface area contributed by atoms with Crippen LogP contribution in [0.2, 0.25) is 0 Å². The average Bonchev–Trinajstić information content (AvgIpc) is 2.64. The number of carbonyl (C=O) groups excluding carboxylic acids is 2. The summed E-state index contributed by atoms with van der Waals surface area (Å²) in [6.45, 7) is 10.3. The lowest BCUT2D eigenvalue weighted by Crippen LogP contribution is -2.50. The maximum absolute atomic E-state index is 13.3. The minimum atomic E-state index is -0.486. The number of hydrogen-bond donors (Lipinski definition) is 1. The molecule has 2 rings (SSSR count). The SMILES string of the molecule is CCC(C(=O)NC(C)C)N(Cc1ccc(C)cc1)C(=O)Cc1ccccc1C. The first-order valence-electron chi connectivity index (χ1n) is 10.0. The van der Waals surface area contributed by atoms with Crippen LogP contribution in [-0.4, -0.2) is 28.8 Å². The molecule has 4 nitrogen and oxygen atoms in total. The molecule has 0 spiro atoms. The van der Waals surface area contributed by atoms with Crippen LogP contribution in [0.5, 0.6) is 0 Å². The Bertz CT molecular complexity index is 797. The molecule has 0 fully saturated rings. The van der Waals surface area contributed by atoms with E-state index in [2.05, 4.69) is 5.32 Å². The molecule has 150 valence electrons. The lowest BCUT2D eigenvalue weighted by molar-refractivity contribution is -0.141. The van der Waals surface area contributed by atoms with Gasteiger partial charge in [0.25, 0.3) is 0 Å². The Hall–Kier alpha value is -2.62. The van der Waals surface area contributed by atoms with E-state index in [1.54, 1.807) is 4.90 Å². The molecule has 0 saturated heterocycles. The summed E-state index contributed by atoms with van der Waals surface area (Å²) in [5.41, 5.74) is 4.29. The Labute approximate surface area is 169 Å². The number of nitrogens with one attached hydrogen (secondary N) is 1. The first kappa shape index (κ1) is 21.7. The van der Waals surface area contributed by atoms with Crippen molar-refractivity contribution in [2.24, 2.45) is 0 Å². The van der Waals surface area contributed by atoms with Gasteiger partial charge in [-0.3, -0.25) is 9.59 Å². The van der Waals surface area contributed by atoms with Crippen LogP contribution in [0, 0.1) is 13.8 Å². The van der Waals surface area contributed by atoms with Crippen molar-refractivity contribution in [3.8, 4) is 0 Å². The van der Waals surface area contributed by atoms with Crippen molar-refractivity contribution in [1.82, 2.24) is 10.2 Å². The van der Waals surface area contributed by atoms with Gasteiger partial charge in [-0.05, 0) is 50.8 Å². The third kappa shape index (κ3) is 5.95. The quantitative estimate of drug-likeness (QED) is 0.747. The average molecular weight is 381 g/mol. The van der Waals surface area contributed by atoms with Gasteiger partial charge in [-0.15, -0.1) is 0 Å². The molecule has 0 aliphatic heterocycles. The largest absolute Gasteiger partial charge is 0.352 e. The Morgan fingerprint density at radius 1 is 1.00 bits per heavy atom. The Kier molecular flexibility index (Phi) is 7.80. The second-order valence-electron chi connectivity index (χ2n) is 7.70. The van der Waals surface area contributed by atoms with Gasteiger partial charge in [-0.1, -0.05) is 61.0 Å². The number of amides is 2. The maximum Gasteiger partial charge on any atom is 0.243 e. The van der Waals surface area contributed by atoms with E-state index in [0.29, 0.717) is 19.4 Å². The molecule has 0 aliphatic rings. The number of aryl methyl sites for hydroxylation is 2. The van der Waals surface area contributed by atoms with E-state index in [1.165, 1.54) is 5.56 Å². The third-order valence-corrected chi connectivity index (χ3v) is 4.89. The molecular weight excluding hydrogens is 348 g/mol. The summed E-state index contributed by atoms with van der Waals surface area (Å²) >= 11 is 0. The zero-order chi connectivity index (χ0) is 20.7. The molecule has 2 aromatic carbocycles. The van der Waals surface area contributed by atoms with Crippen molar-refractivity contribution < 1.29 is 9.59 Å². The van der Waals surface area contributed by atoms with E-state index >= 15 is 0 Å². The van der Waals surface area contributed by atoms with Gasteiger partial charge in [0.1, 0.15) is 6.04 Å². The molecule has 4 heteroatoms. The summed E-state index contributed by atoms with van der Waals surface area (Å²) in [4.78, 5) is 27.8. The Morgan fingerprint density at radius 2 is 1.64 bits per heavy atom. The molecule has 28 heavy (non-hydrogen) atoms. The zero-order valence-corrected chi connectivity index (χ0v) is 17.7. The van der Waals surface area contributed by atoms with Crippen molar-refractivity contribution >= 4 is 11.8 Å². The highest BCUT2D eigenvalue weighted by Crippen LogP contribution is 2.17. The van der Waals surface area contributed by atoms with E-state index in [9.17, 15) is 9.59 Å². The van der Waals surface area contributed by atoms with Gasteiger partial charge in [0.05, 0.1) is 6.42 Å². The van der Waals surface area contributed by atoms with Crippen LogP contribution in [0.25, 0.3) is 0 Å². The molecule has 0 aromatic heterocycles. The van der Waals surface area contributed by atoms with Crippen LogP contribution in [-0.2, 0) is 22.6 Å². The van der Waals surface area contributed by atoms with Gasteiger partial charge in [0, 0.05) is 12.6 Å². The summed E-state index contributed by atoms with van der Waals surface area (Å²) in [6.07, 6.45) is 0.869. The second-order valence-corrected chi connectivity index (χ2v) is 7.70. The Balaban J connectivity index is 2.30. The van der Waals surface area contributed by atoms with Crippen molar-refractivity contribution in [2.75, 3.05) is 0 Å². The summed E-state index contributed by atoms with van der Waals surface area (Å²) in [5.74, 6) is -0.122. The fourth-order valence-corrected chi connectivity index (χ4v) is 3.26. The van der Waals surface area contributed by atoms with Gasteiger partial charge in [-0.2, -0.15) is 0 Å². The molecule has 1 unspecified atom stereocenters. The molecule has 0 heterocycles. The van der Waals surface area contributed by atoms with Crippen LogP contribution in [0.4, 0.5) is 0 Å². The summed E-state index contributed by atoms with van der Waals surface area (Å²) < 4.78 is 0. The minimum Gasteiger partial charge on any atom is -0.352 e. The summed E-state index contributed by atoms with van der Waals surface area (Å²) in [6, 6.07) is 15.6. The van der Waals surface area contributed by atoms with Crippen molar-refractivity contribution in [3.63, 3.8) is 0 Å². The summed E-state index contributed by atoms with van der Waals surface area (Å²) in [7, 11) is 0. The highest BCUT2D eigenvalue weighted by Gasteiger charge is 2.29. The second kappa shape index (κ2) is 10.1. The Morgan fingerprint density at radius 3 is 2.21 bits per heavy atom. The monoisotopic (exact) mass is 380 g/mol. The minimum absolute atomic E-state index is 0.0272. The maximum atomic E-state index is 13.3. The van der Waals surface area contributed by atoms with E-state index < -0.39 is 6.04 Å². The highest BCUT2D eigenvalue weighted by molar-refractivity contribution is 5.88. The van der Waals surface area contributed by atoms with Crippen LogP contribution < -0.4 is 5.32 Å². The van der Waals surface area contributed by atoms with Crippen molar-refractivity contribution in [2.45, 2.75) is 66.1 Å². The third-order valence-electron chi connectivity index (χ3n) is 4.89. The molecule has 2 aromatic rings. The molecule has 0 saturated carbocycles. The smallest absolute Gasteiger partial charge is 0.243 e. The fraction of sp³-hybridized carbons (Fsp3) is 0.417. The fourth-order valence-electron chi connectivity index (χ4n) is 3.26.